The molecule has 0 fully saturated rings. The number of hydrogen-bond donors (Lipinski definition) is 1. The van der Waals surface area contributed by atoms with Gasteiger partial charge in [0.1, 0.15) is 12.4 Å². The fourth-order valence-electron chi connectivity index (χ4n) is 2.03. The lowest BCUT2D eigenvalue weighted by Crippen LogP contribution is -2.33. The smallest absolute Gasteiger partial charge is 0.325 e. The molecule has 6 nitrogen and oxygen atoms in total. The van der Waals surface area contributed by atoms with Gasteiger partial charge in [-0.1, -0.05) is 12.1 Å². The molecule has 0 bridgehead atoms. The van der Waals surface area contributed by atoms with Crippen LogP contribution in [0.25, 0.3) is 11.0 Å². The highest BCUT2D eigenvalue weighted by atomic mass is 16.5. The average Bonchev–Trinajstić information content (AvgIpc) is 2.87. The summed E-state index contributed by atoms with van der Waals surface area (Å²) in [7, 11) is 1.60. The second-order valence-electron chi connectivity index (χ2n) is 4.76. The zero-order valence-electron chi connectivity index (χ0n) is 12.3. The van der Waals surface area contributed by atoms with Gasteiger partial charge in [0.2, 0.25) is 5.91 Å². The lowest BCUT2D eigenvalue weighted by atomic mass is 10.2. The highest BCUT2D eigenvalue weighted by Gasteiger charge is 2.14. The molecular weight excluding hydrogens is 270 g/mol. The number of hydrogen-bond acceptors (Lipinski definition) is 4. The van der Waals surface area contributed by atoms with Crippen molar-refractivity contribution < 1.29 is 14.3 Å². The molecule has 1 amide bonds. The number of benzene rings is 1. The van der Waals surface area contributed by atoms with Crippen LogP contribution in [0, 0.1) is 0 Å². The van der Waals surface area contributed by atoms with E-state index in [9.17, 15) is 9.59 Å². The molecule has 0 aliphatic carbocycles. The molecule has 1 aromatic heterocycles. The van der Waals surface area contributed by atoms with Gasteiger partial charge in [-0.15, -0.1) is 0 Å². The van der Waals surface area contributed by atoms with Crippen LogP contribution in [0.4, 0.5) is 0 Å². The summed E-state index contributed by atoms with van der Waals surface area (Å²) in [6.07, 6.45) is 0.816. The largest absolute Gasteiger partial charge is 0.465 e. The number of esters is 1. The molecule has 1 heterocycles. The highest BCUT2D eigenvalue weighted by molar-refractivity contribution is 5.82. The molecule has 0 saturated carbocycles. The summed E-state index contributed by atoms with van der Waals surface area (Å²) >= 11 is 0. The SMILES string of the molecule is CCOC(=O)CN(C)C(=O)CCc1nc2ccccc2[nH]1. The third-order valence-electron chi connectivity index (χ3n) is 3.11. The van der Waals surface area contributed by atoms with Crippen molar-refractivity contribution in [1.29, 1.82) is 0 Å². The molecule has 6 heteroatoms. The maximum Gasteiger partial charge on any atom is 0.325 e. The first-order chi connectivity index (χ1) is 10.1. The van der Waals surface area contributed by atoms with Gasteiger partial charge in [0.15, 0.2) is 0 Å². The summed E-state index contributed by atoms with van der Waals surface area (Å²) in [5.74, 6) is 0.273. The van der Waals surface area contributed by atoms with E-state index in [0.717, 1.165) is 16.9 Å². The highest BCUT2D eigenvalue weighted by Crippen LogP contribution is 2.11. The molecule has 21 heavy (non-hydrogen) atoms. The first-order valence-corrected chi connectivity index (χ1v) is 6.93. The van der Waals surface area contributed by atoms with E-state index in [1.165, 1.54) is 4.90 Å². The van der Waals surface area contributed by atoms with Crippen molar-refractivity contribution in [2.75, 3.05) is 20.2 Å². The molecule has 1 N–H and O–H groups in total. The van der Waals surface area contributed by atoms with E-state index in [4.69, 9.17) is 4.74 Å². The van der Waals surface area contributed by atoms with Gasteiger partial charge in [-0.25, -0.2) is 4.98 Å². The summed E-state index contributed by atoms with van der Waals surface area (Å²) in [6, 6.07) is 7.72. The number of amides is 1. The van der Waals surface area contributed by atoms with Crippen molar-refractivity contribution in [1.82, 2.24) is 14.9 Å². The summed E-state index contributed by atoms with van der Waals surface area (Å²) < 4.78 is 4.81. The van der Waals surface area contributed by atoms with Crippen molar-refractivity contribution in [3.63, 3.8) is 0 Å². The maximum absolute atomic E-state index is 11.9. The molecule has 2 aromatic rings. The Bertz CT molecular complexity index is 603. The molecule has 0 atom stereocenters. The number of carbonyl (C=O) groups is 2. The molecule has 112 valence electrons. The van der Waals surface area contributed by atoms with E-state index in [1.807, 2.05) is 24.3 Å². The van der Waals surface area contributed by atoms with Gasteiger partial charge >= 0.3 is 5.97 Å². The zero-order valence-corrected chi connectivity index (χ0v) is 12.3. The summed E-state index contributed by atoms with van der Waals surface area (Å²) in [4.78, 5) is 32.2. The Morgan fingerprint density at radius 2 is 2.10 bits per heavy atom. The monoisotopic (exact) mass is 289 g/mol. The Labute approximate surface area is 123 Å². The Hall–Kier alpha value is -2.37. The van der Waals surface area contributed by atoms with Crippen LogP contribution < -0.4 is 0 Å². The number of rotatable bonds is 6. The van der Waals surface area contributed by atoms with E-state index in [0.29, 0.717) is 19.4 Å². The maximum atomic E-state index is 11.9. The molecule has 0 radical (unpaired) electrons. The minimum Gasteiger partial charge on any atom is -0.465 e. The minimum absolute atomic E-state index is 0.0210. The topological polar surface area (TPSA) is 75.3 Å². The predicted molar refractivity (Wildman–Crippen MR) is 78.7 cm³/mol. The van der Waals surface area contributed by atoms with Crippen LogP contribution in [0.5, 0.6) is 0 Å². The van der Waals surface area contributed by atoms with Crippen LogP contribution in [0.1, 0.15) is 19.2 Å². The standard InChI is InChI=1S/C15H19N3O3/c1-3-21-15(20)10-18(2)14(19)9-8-13-16-11-6-4-5-7-12(11)17-13/h4-7H,3,8-10H2,1-2H3,(H,16,17). The number of aryl methyl sites for hydroxylation is 1. The van der Waals surface area contributed by atoms with Crippen molar-refractivity contribution in [3.05, 3.63) is 30.1 Å². The number of fused-ring (bicyclic) bond motifs is 1. The Morgan fingerprint density at radius 1 is 1.33 bits per heavy atom. The van der Waals surface area contributed by atoms with Crippen molar-refractivity contribution >= 4 is 22.9 Å². The number of para-hydroxylation sites is 2. The van der Waals surface area contributed by atoms with Crippen LogP contribution in [-0.2, 0) is 20.7 Å². The number of likely N-dealkylation sites (N-methyl/N-ethyl adjacent to an activating group) is 1. The van der Waals surface area contributed by atoms with Crippen LogP contribution >= 0.6 is 0 Å². The number of aromatic amines is 1. The van der Waals surface area contributed by atoms with Crippen molar-refractivity contribution in [3.8, 4) is 0 Å². The number of imidazole rings is 1. The van der Waals surface area contributed by atoms with Gasteiger partial charge in [-0.2, -0.15) is 0 Å². The van der Waals surface area contributed by atoms with Gasteiger partial charge in [-0.05, 0) is 19.1 Å². The average molecular weight is 289 g/mol. The van der Waals surface area contributed by atoms with Crippen LogP contribution in [-0.4, -0.2) is 46.9 Å². The van der Waals surface area contributed by atoms with Crippen molar-refractivity contribution in [2.24, 2.45) is 0 Å². The van der Waals surface area contributed by atoms with E-state index >= 15 is 0 Å². The van der Waals surface area contributed by atoms with Gasteiger partial charge < -0.3 is 14.6 Å². The van der Waals surface area contributed by atoms with Crippen LogP contribution in [0.2, 0.25) is 0 Å². The Kier molecular flexibility index (Phi) is 4.92. The van der Waals surface area contributed by atoms with Crippen molar-refractivity contribution in [2.45, 2.75) is 19.8 Å². The number of carbonyl (C=O) groups excluding carboxylic acids is 2. The lowest BCUT2D eigenvalue weighted by molar-refractivity contribution is -0.148. The number of H-pyrrole nitrogens is 1. The van der Waals surface area contributed by atoms with Gasteiger partial charge in [-0.3, -0.25) is 9.59 Å². The van der Waals surface area contributed by atoms with Gasteiger partial charge in [0, 0.05) is 19.9 Å². The number of ether oxygens (including phenoxy) is 1. The molecule has 0 aliphatic rings. The van der Waals surface area contributed by atoms with Crippen LogP contribution in [0.3, 0.4) is 0 Å². The number of nitrogens with zero attached hydrogens (tertiary/aromatic N) is 2. The first-order valence-electron chi connectivity index (χ1n) is 6.93. The molecule has 0 spiro atoms. The molecule has 0 aliphatic heterocycles. The zero-order chi connectivity index (χ0) is 15.2. The molecule has 0 unspecified atom stereocenters. The Morgan fingerprint density at radius 3 is 2.81 bits per heavy atom. The number of aromatic nitrogens is 2. The third kappa shape index (κ3) is 4.05. The normalized spacial score (nSPS) is 10.6. The van der Waals surface area contributed by atoms with Gasteiger partial charge in [0.25, 0.3) is 0 Å². The molecular formula is C15H19N3O3. The lowest BCUT2D eigenvalue weighted by Gasteiger charge is -2.15. The molecule has 2 rings (SSSR count). The fraction of sp³-hybridized carbons (Fsp3) is 0.400. The summed E-state index contributed by atoms with van der Waals surface area (Å²) in [6.45, 7) is 2.04. The first kappa shape index (κ1) is 15.0. The molecule has 0 saturated heterocycles. The quantitative estimate of drug-likeness (QED) is 0.818. The Balaban J connectivity index is 1.87. The summed E-state index contributed by atoms with van der Waals surface area (Å²) in [5, 5.41) is 0. The van der Waals surface area contributed by atoms with E-state index in [2.05, 4.69) is 9.97 Å². The fourth-order valence-corrected chi connectivity index (χ4v) is 2.03. The second-order valence-corrected chi connectivity index (χ2v) is 4.76. The van der Waals surface area contributed by atoms with Crippen LogP contribution in [0.15, 0.2) is 24.3 Å². The predicted octanol–water partition coefficient (Wildman–Crippen LogP) is 1.52. The van der Waals surface area contributed by atoms with E-state index < -0.39 is 5.97 Å². The van der Waals surface area contributed by atoms with E-state index in [-0.39, 0.29) is 12.5 Å². The van der Waals surface area contributed by atoms with E-state index in [1.54, 1.807) is 14.0 Å². The molecule has 1 aromatic carbocycles. The summed E-state index contributed by atoms with van der Waals surface area (Å²) in [5.41, 5.74) is 1.85. The third-order valence-corrected chi connectivity index (χ3v) is 3.11. The number of nitrogens with one attached hydrogen (secondary N) is 1. The van der Waals surface area contributed by atoms with Gasteiger partial charge in [0.05, 0.1) is 17.6 Å². The minimum atomic E-state index is -0.392. The second kappa shape index (κ2) is 6.88.